The van der Waals surface area contributed by atoms with Crippen molar-refractivity contribution in [2.45, 2.75) is 19.5 Å². The lowest BCUT2D eigenvalue weighted by molar-refractivity contribution is 0.221. The van der Waals surface area contributed by atoms with Crippen molar-refractivity contribution in [3.63, 3.8) is 0 Å². The van der Waals surface area contributed by atoms with E-state index >= 15 is 0 Å². The van der Waals surface area contributed by atoms with Crippen LogP contribution in [0.4, 0.5) is 0 Å². The van der Waals surface area contributed by atoms with Gasteiger partial charge in [-0.05, 0) is 59.7 Å². The summed E-state index contributed by atoms with van der Waals surface area (Å²) in [6.07, 6.45) is 0. The van der Waals surface area contributed by atoms with Gasteiger partial charge < -0.3 is 10.2 Å². The largest absolute Gasteiger partial charge is 0.465 e. The third-order valence-corrected chi connectivity index (χ3v) is 4.50. The van der Waals surface area contributed by atoms with Crippen molar-refractivity contribution in [3.8, 4) is 0 Å². The molecule has 1 unspecified atom stereocenters. The minimum Gasteiger partial charge on any atom is -0.465 e. The van der Waals surface area contributed by atoms with Crippen molar-refractivity contribution in [1.82, 2.24) is 4.90 Å². The van der Waals surface area contributed by atoms with E-state index in [9.17, 15) is 0 Å². The van der Waals surface area contributed by atoms with Crippen LogP contribution in [0, 0.1) is 6.92 Å². The SMILES string of the molecule is Cc1ccc(CN(C)C(CN)c2ccc(Cl)c(Br)c2)o1. The molecule has 108 valence electrons. The van der Waals surface area contributed by atoms with E-state index in [-0.39, 0.29) is 6.04 Å². The molecule has 20 heavy (non-hydrogen) atoms. The average molecular weight is 358 g/mol. The van der Waals surface area contributed by atoms with Crippen LogP contribution in [0.25, 0.3) is 0 Å². The van der Waals surface area contributed by atoms with Gasteiger partial charge in [-0.15, -0.1) is 0 Å². The van der Waals surface area contributed by atoms with E-state index in [4.69, 9.17) is 21.8 Å². The van der Waals surface area contributed by atoms with Crippen molar-refractivity contribution in [2.75, 3.05) is 13.6 Å². The summed E-state index contributed by atoms with van der Waals surface area (Å²) in [7, 11) is 2.04. The van der Waals surface area contributed by atoms with Crippen LogP contribution >= 0.6 is 27.5 Å². The number of halogens is 2. The molecule has 2 rings (SSSR count). The molecule has 0 aliphatic rings. The molecule has 0 spiro atoms. The third kappa shape index (κ3) is 3.64. The minimum atomic E-state index is 0.119. The van der Waals surface area contributed by atoms with Crippen LogP contribution in [-0.2, 0) is 6.54 Å². The Morgan fingerprint density at radius 2 is 2.10 bits per heavy atom. The summed E-state index contributed by atoms with van der Waals surface area (Å²) >= 11 is 9.49. The average Bonchev–Trinajstić information content (AvgIpc) is 2.80. The number of likely N-dealkylation sites (N-methyl/N-ethyl adjacent to an activating group) is 1. The van der Waals surface area contributed by atoms with Crippen molar-refractivity contribution in [1.29, 1.82) is 0 Å². The molecule has 0 radical (unpaired) electrons. The lowest BCUT2D eigenvalue weighted by Gasteiger charge is -2.26. The maximum atomic E-state index is 6.03. The molecule has 1 aromatic carbocycles. The Bertz CT molecular complexity index is 585. The molecular formula is C15H18BrClN2O. The highest BCUT2D eigenvalue weighted by Gasteiger charge is 2.17. The molecule has 5 heteroatoms. The first kappa shape index (κ1) is 15.6. The van der Waals surface area contributed by atoms with Crippen LogP contribution in [0.15, 0.2) is 39.2 Å². The third-order valence-electron chi connectivity index (χ3n) is 3.29. The summed E-state index contributed by atoms with van der Waals surface area (Å²) in [5.74, 6) is 1.86. The number of hydrogen-bond donors (Lipinski definition) is 1. The van der Waals surface area contributed by atoms with Gasteiger partial charge in [0.05, 0.1) is 11.6 Å². The Hall–Kier alpha value is -0.810. The normalized spacial score (nSPS) is 12.9. The minimum absolute atomic E-state index is 0.119. The fraction of sp³-hybridized carbons (Fsp3) is 0.333. The monoisotopic (exact) mass is 356 g/mol. The number of rotatable bonds is 5. The molecule has 2 aromatic rings. The first-order valence-electron chi connectivity index (χ1n) is 6.42. The molecule has 3 nitrogen and oxygen atoms in total. The van der Waals surface area contributed by atoms with Gasteiger partial charge in [-0.1, -0.05) is 17.7 Å². The smallest absolute Gasteiger partial charge is 0.118 e. The van der Waals surface area contributed by atoms with Gasteiger partial charge in [-0.2, -0.15) is 0 Å². The quantitative estimate of drug-likeness (QED) is 0.874. The molecule has 0 saturated heterocycles. The summed E-state index contributed by atoms with van der Waals surface area (Å²) in [5.41, 5.74) is 7.07. The van der Waals surface area contributed by atoms with Gasteiger partial charge in [0.2, 0.25) is 0 Å². The number of furan rings is 1. The Balaban J connectivity index is 2.16. The molecule has 0 bridgehead atoms. The van der Waals surface area contributed by atoms with E-state index in [0.29, 0.717) is 11.6 Å². The van der Waals surface area contributed by atoms with Crippen LogP contribution in [0.5, 0.6) is 0 Å². The predicted octanol–water partition coefficient (Wildman–Crippen LogP) is 4.14. The van der Waals surface area contributed by atoms with Crippen molar-refractivity contribution >= 4 is 27.5 Å². The maximum absolute atomic E-state index is 6.03. The molecule has 1 heterocycles. The van der Waals surface area contributed by atoms with E-state index in [1.165, 1.54) is 0 Å². The van der Waals surface area contributed by atoms with Gasteiger partial charge in [-0.3, -0.25) is 4.90 Å². The van der Waals surface area contributed by atoms with Gasteiger partial charge in [0.25, 0.3) is 0 Å². The summed E-state index contributed by atoms with van der Waals surface area (Å²) in [4.78, 5) is 2.17. The Morgan fingerprint density at radius 3 is 2.65 bits per heavy atom. The zero-order chi connectivity index (χ0) is 14.7. The summed E-state index contributed by atoms with van der Waals surface area (Å²) in [5, 5.41) is 0.703. The second-order valence-corrected chi connectivity index (χ2v) is 6.11. The summed E-state index contributed by atoms with van der Waals surface area (Å²) in [6, 6.07) is 10.00. The van der Waals surface area contributed by atoms with Crippen LogP contribution < -0.4 is 5.73 Å². The zero-order valence-electron chi connectivity index (χ0n) is 11.6. The van der Waals surface area contributed by atoms with Crippen LogP contribution in [0.1, 0.15) is 23.1 Å². The highest BCUT2D eigenvalue weighted by Crippen LogP contribution is 2.28. The van der Waals surface area contributed by atoms with E-state index in [2.05, 4.69) is 20.8 Å². The Kier molecular flexibility index (Phi) is 5.27. The number of aryl methyl sites for hydroxylation is 1. The number of hydrogen-bond acceptors (Lipinski definition) is 3. The molecule has 2 N–H and O–H groups in total. The van der Waals surface area contributed by atoms with Gasteiger partial charge in [0, 0.05) is 17.1 Å². The molecule has 0 amide bonds. The van der Waals surface area contributed by atoms with E-state index in [1.54, 1.807) is 0 Å². The molecule has 1 aromatic heterocycles. The van der Waals surface area contributed by atoms with E-state index < -0.39 is 0 Å². The Morgan fingerprint density at radius 1 is 1.35 bits per heavy atom. The first-order valence-corrected chi connectivity index (χ1v) is 7.59. The van der Waals surface area contributed by atoms with Gasteiger partial charge >= 0.3 is 0 Å². The van der Waals surface area contributed by atoms with Crippen LogP contribution in [0.3, 0.4) is 0 Å². The number of nitrogens with two attached hydrogens (primary N) is 1. The lowest BCUT2D eigenvalue weighted by Crippen LogP contribution is -2.30. The van der Waals surface area contributed by atoms with E-state index in [1.807, 2.05) is 44.3 Å². The predicted molar refractivity (Wildman–Crippen MR) is 85.9 cm³/mol. The van der Waals surface area contributed by atoms with Gasteiger partial charge in [0.15, 0.2) is 0 Å². The van der Waals surface area contributed by atoms with Crippen molar-refractivity contribution < 1.29 is 4.42 Å². The topological polar surface area (TPSA) is 42.4 Å². The Labute approximate surface area is 132 Å². The maximum Gasteiger partial charge on any atom is 0.118 e. The molecule has 0 fully saturated rings. The number of nitrogens with zero attached hydrogens (tertiary/aromatic N) is 1. The first-order chi connectivity index (χ1) is 9.51. The van der Waals surface area contributed by atoms with Crippen LogP contribution in [0.2, 0.25) is 5.02 Å². The zero-order valence-corrected chi connectivity index (χ0v) is 13.9. The molecular weight excluding hydrogens is 340 g/mol. The highest BCUT2D eigenvalue weighted by atomic mass is 79.9. The van der Waals surface area contributed by atoms with Crippen molar-refractivity contribution in [2.24, 2.45) is 5.73 Å². The molecule has 0 saturated carbocycles. The van der Waals surface area contributed by atoms with Crippen LogP contribution in [-0.4, -0.2) is 18.5 Å². The van der Waals surface area contributed by atoms with Crippen molar-refractivity contribution in [3.05, 3.63) is 56.9 Å². The summed E-state index contributed by atoms with van der Waals surface area (Å²) in [6.45, 7) is 3.19. The fourth-order valence-corrected chi connectivity index (χ4v) is 2.73. The lowest BCUT2D eigenvalue weighted by atomic mass is 10.1. The molecule has 0 aliphatic heterocycles. The van der Waals surface area contributed by atoms with Gasteiger partial charge in [-0.25, -0.2) is 0 Å². The second kappa shape index (κ2) is 6.76. The fourth-order valence-electron chi connectivity index (χ4n) is 2.22. The number of benzene rings is 1. The highest BCUT2D eigenvalue weighted by molar-refractivity contribution is 9.10. The molecule has 1 atom stereocenters. The standard InChI is InChI=1S/C15H18BrClN2O/c1-10-3-5-12(20-10)9-19(2)15(8-18)11-4-6-14(17)13(16)7-11/h3-7,15H,8-9,18H2,1-2H3. The second-order valence-electron chi connectivity index (χ2n) is 4.85. The van der Waals surface area contributed by atoms with E-state index in [0.717, 1.165) is 28.1 Å². The summed E-state index contributed by atoms with van der Waals surface area (Å²) < 4.78 is 6.50. The molecule has 0 aliphatic carbocycles. The van der Waals surface area contributed by atoms with Gasteiger partial charge in [0.1, 0.15) is 11.5 Å².